The van der Waals surface area contributed by atoms with Crippen molar-refractivity contribution in [3.05, 3.63) is 0 Å². The molecule has 1 saturated carbocycles. The summed E-state index contributed by atoms with van der Waals surface area (Å²) < 4.78 is 16.1. The minimum absolute atomic E-state index is 0.0331. The Balaban J connectivity index is 2.26. The molecule has 5 nitrogen and oxygen atoms in total. The predicted molar refractivity (Wildman–Crippen MR) is 60.3 cm³/mol. The number of amides is 1. The minimum Gasteiger partial charge on any atom is -0.469 e. The quantitative estimate of drug-likeness (QED) is 0.669. The number of hydrogen-bond acceptors (Lipinski definition) is 4. The Morgan fingerprint density at radius 2 is 2.12 bits per heavy atom. The van der Waals surface area contributed by atoms with E-state index in [1.165, 1.54) is 7.11 Å². The average molecular weight is 247 g/mol. The molecule has 1 aliphatic carbocycles. The second-order valence-electron chi connectivity index (χ2n) is 3.96. The van der Waals surface area contributed by atoms with E-state index in [4.69, 9.17) is 0 Å². The summed E-state index contributed by atoms with van der Waals surface area (Å²) >= 11 is 0. The van der Waals surface area contributed by atoms with Crippen molar-refractivity contribution in [3.8, 4) is 0 Å². The standard InChI is InChI=1S/C10H17NO4S/c1-7(5-10(13)15-2)16(14)6-9(12)11-8-3-4-8/h7-8H,3-6H2,1-2H3,(H,11,12). The molecule has 0 aromatic carbocycles. The van der Waals surface area contributed by atoms with Crippen molar-refractivity contribution < 1.29 is 18.5 Å². The number of esters is 1. The fourth-order valence-electron chi connectivity index (χ4n) is 1.18. The molecule has 0 saturated heterocycles. The van der Waals surface area contributed by atoms with Crippen LogP contribution < -0.4 is 5.32 Å². The predicted octanol–water partition coefficient (Wildman–Crippen LogP) is -0.0347. The van der Waals surface area contributed by atoms with E-state index in [1.807, 2.05) is 0 Å². The summed E-state index contributed by atoms with van der Waals surface area (Å²) in [5.41, 5.74) is 0. The number of ether oxygens (including phenoxy) is 1. The Bertz CT molecular complexity index is 301. The van der Waals surface area contributed by atoms with E-state index in [1.54, 1.807) is 6.92 Å². The van der Waals surface area contributed by atoms with Gasteiger partial charge in [0.1, 0.15) is 5.75 Å². The van der Waals surface area contributed by atoms with E-state index in [0.717, 1.165) is 12.8 Å². The molecule has 0 aliphatic heterocycles. The van der Waals surface area contributed by atoms with E-state index in [0.29, 0.717) is 0 Å². The van der Waals surface area contributed by atoms with Crippen LogP contribution in [0.2, 0.25) is 0 Å². The van der Waals surface area contributed by atoms with Gasteiger partial charge in [0.25, 0.3) is 0 Å². The van der Waals surface area contributed by atoms with Crippen LogP contribution in [-0.2, 0) is 25.1 Å². The van der Waals surface area contributed by atoms with Gasteiger partial charge in [-0.05, 0) is 12.8 Å². The van der Waals surface area contributed by atoms with Crippen molar-refractivity contribution in [2.45, 2.75) is 37.5 Å². The largest absolute Gasteiger partial charge is 0.469 e. The Kier molecular flexibility index (Phi) is 4.92. The molecule has 0 aromatic heterocycles. The van der Waals surface area contributed by atoms with Crippen LogP contribution in [-0.4, -0.2) is 40.2 Å². The highest BCUT2D eigenvalue weighted by Crippen LogP contribution is 2.18. The van der Waals surface area contributed by atoms with Gasteiger partial charge in [-0.25, -0.2) is 0 Å². The monoisotopic (exact) mass is 247 g/mol. The van der Waals surface area contributed by atoms with E-state index in [-0.39, 0.29) is 29.4 Å². The summed E-state index contributed by atoms with van der Waals surface area (Å²) in [7, 11) is -0.0291. The zero-order chi connectivity index (χ0) is 12.1. The molecule has 1 N–H and O–H groups in total. The lowest BCUT2D eigenvalue weighted by atomic mass is 10.3. The smallest absolute Gasteiger partial charge is 0.306 e. The summed E-state index contributed by atoms with van der Waals surface area (Å²) in [6.45, 7) is 1.68. The van der Waals surface area contributed by atoms with Gasteiger partial charge in [0.2, 0.25) is 5.91 Å². The highest BCUT2D eigenvalue weighted by Gasteiger charge is 2.25. The number of methoxy groups -OCH3 is 1. The first kappa shape index (κ1) is 13.2. The summed E-state index contributed by atoms with van der Waals surface area (Å²) in [5.74, 6) is -0.629. The van der Waals surface area contributed by atoms with E-state index < -0.39 is 16.8 Å². The van der Waals surface area contributed by atoms with Gasteiger partial charge in [0, 0.05) is 22.1 Å². The van der Waals surface area contributed by atoms with Gasteiger partial charge in [-0.3, -0.25) is 13.8 Å². The molecule has 2 atom stereocenters. The maximum Gasteiger partial charge on any atom is 0.306 e. The van der Waals surface area contributed by atoms with Crippen molar-refractivity contribution in [2.75, 3.05) is 12.9 Å². The molecular formula is C10H17NO4S. The fraction of sp³-hybridized carbons (Fsp3) is 0.800. The van der Waals surface area contributed by atoms with Gasteiger partial charge in [0.05, 0.1) is 13.5 Å². The maximum atomic E-state index is 11.6. The molecule has 0 heterocycles. The molecular weight excluding hydrogens is 230 g/mol. The molecule has 0 spiro atoms. The van der Waals surface area contributed by atoms with Gasteiger partial charge >= 0.3 is 5.97 Å². The summed E-state index contributed by atoms with van der Waals surface area (Å²) in [6.07, 6.45) is 2.10. The normalized spacial score (nSPS) is 18.6. The van der Waals surface area contributed by atoms with E-state index in [2.05, 4.69) is 10.1 Å². The lowest BCUT2D eigenvalue weighted by molar-refractivity contribution is -0.140. The lowest BCUT2D eigenvalue weighted by Gasteiger charge is -2.09. The first-order valence-corrected chi connectivity index (χ1v) is 6.64. The Morgan fingerprint density at radius 3 is 2.62 bits per heavy atom. The third-order valence-corrected chi connectivity index (χ3v) is 3.96. The van der Waals surface area contributed by atoms with Crippen molar-refractivity contribution in [2.24, 2.45) is 0 Å². The van der Waals surface area contributed by atoms with Crippen LogP contribution in [0.4, 0.5) is 0 Å². The molecule has 1 fully saturated rings. The molecule has 2 unspecified atom stereocenters. The molecule has 1 amide bonds. The van der Waals surface area contributed by atoms with Gasteiger partial charge in [-0.1, -0.05) is 6.92 Å². The molecule has 0 radical (unpaired) electrons. The van der Waals surface area contributed by atoms with Crippen LogP contribution >= 0.6 is 0 Å². The van der Waals surface area contributed by atoms with Crippen LogP contribution in [0.5, 0.6) is 0 Å². The molecule has 16 heavy (non-hydrogen) atoms. The fourth-order valence-corrected chi connectivity index (χ4v) is 2.13. The number of hydrogen-bond donors (Lipinski definition) is 1. The van der Waals surface area contributed by atoms with Gasteiger partial charge in [-0.2, -0.15) is 0 Å². The van der Waals surface area contributed by atoms with Crippen molar-refractivity contribution >= 4 is 22.7 Å². The molecule has 0 aromatic rings. The SMILES string of the molecule is COC(=O)CC(C)S(=O)CC(=O)NC1CC1. The summed E-state index contributed by atoms with van der Waals surface area (Å²) in [6, 6.07) is 0.278. The Labute approximate surface area is 97.4 Å². The number of carbonyl (C=O) groups excluding carboxylic acids is 2. The minimum atomic E-state index is -1.32. The van der Waals surface area contributed by atoms with Crippen LogP contribution in [0.25, 0.3) is 0 Å². The molecule has 92 valence electrons. The van der Waals surface area contributed by atoms with Crippen molar-refractivity contribution in [1.29, 1.82) is 0 Å². The molecule has 1 aliphatic rings. The maximum absolute atomic E-state index is 11.6. The zero-order valence-corrected chi connectivity index (χ0v) is 10.3. The van der Waals surface area contributed by atoms with E-state index in [9.17, 15) is 13.8 Å². The highest BCUT2D eigenvalue weighted by molar-refractivity contribution is 7.86. The molecule has 1 rings (SSSR count). The van der Waals surface area contributed by atoms with Crippen LogP contribution in [0.15, 0.2) is 0 Å². The van der Waals surface area contributed by atoms with Gasteiger partial charge in [-0.15, -0.1) is 0 Å². The van der Waals surface area contributed by atoms with Crippen molar-refractivity contribution in [1.82, 2.24) is 5.32 Å². The van der Waals surface area contributed by atoms with Crippen LogP contribution in [0, 0.1) is 0 Å². The van der Waals surface area contributed by atoms with Gasteiger partial charge < -0.3 is 10.1 Å². The summed E-state index contributed by atoms with van der Waals surface area (Å²) in [4.78, 5) is 22.3. The topological polar surface area (TPSA) is 72.5 Å². The van der Waals surface area contributed by atoms with Gasteiger partial charge in [0.15, 0.2) is 0 Å². The first-order valence-electron chi connectivity index (χ1n) is 5.26. The van der Waals surface area contributed by atoms with Crippen LogP contribution in [0.3, 0.4) is 0 Å². The van der Waals surface area contributed by atoms with E-state index >= 15 is 0 Å². The Morgan fingerprint density at radius 1 is 1.50 bits per heavy atom. The second kappa shape index (κ2) is 5.98. The lowest BCUT2D eigenvalue weighted by Crippen LogP contribution is -2.32. The number of nitrogens with one attached hydrogen (secondary N) is 1. The third kappa shape index (κ3) is 4.74. The second-order valence-corrected chi connectivity index (χ2v) is 5.81. The third-order valence-electron chi connectivity index (χ3n) is 2.35. The molecule has 0 bridgehead atoms. The van der Waals surface area contributed by atoms with Crippen LogP contribution in [0.1, 0.15) is 26.2 Å². The molecule has 6 heteroatoms. The Hall–Kier alpha value is -0.910. The number of rotatable bonds is 6. The number of carbonyl (C=O) groups is 2. The average Bonchev–Trinajstić information content (AvgIpc) is 3.00. The highest BCUT2D eigenvalue weighted by atomic mass is 32.2. The first-order chi connectivity index (χ1) is 7.52. The van der Waals surface area contributed by atoms with Crippen molar-refractivity contribution in [3.63, 3.8) is 0 Å². The zero-order valence-electron chi connectivity index (χ0n) is 9.52. The summed E-state index contributed by atoms with van der Waals surface area (Å²) in [5, 5.41) is 2.41.